The van der Waals surface area contributed by atoms with Gasteiger partial charge in [-0.15, -0.1) is 0 Å². The molecule has 0 spiro atoms. The van der Waals surface area contributed by atoms with Crippen LogP contribution in [0.1, 0.15) is 19.5 Å². The van der Waals surface area contributed by atoms with Gasteiger partial charge in [0.2, 0.25) is 0 Å². The van der Waals surface area contributed by atoms with Crippen LogP contribution in [0, 0.1) is 0 Å². The maximum atomic E-state index is 5.39. The Morgan fingerprint density at radius 1 is 1.39 bits per heavy atom. The van der Waals surface area contributed by atoms with E-state index >= 15 is 0 Å². The molecule has 0 aliphatic carbocycles. The normalized spacial score (nSPS) is 20.8. The Morgan fingerprint density at radius 2 is 2.11 bits per heavy atom. The number of imidazole rings is 1. The lowest BCUT2D eigenvalue weighted by Crippen LogP contribution is -2.50. The summed E-state index contributed by atoms with van der Waals surface area (Å²) in [5.74, 6) is 0. The third-order valence-corrected chi connectivity index (χ3v) is 3.87. The Balaban J connectivity index is 1.79. The number of hydrogen-bond donors (Lipinski definition) is 1. The highest BCUT2D eigenvalue weighted by molar-refractivity contribution is 4.97. The molecule has 5 nitrogen and oxygen atoms in total. The van der Waals surface area contributed by atoms with Crippen LogP contribution in [-0.4, -0.2) is 52.8 Å². The molecule has 102 valence electrons. The van der Waals surface area contributed by atoms with Gasteiger partial charge >= 0.3 is 0 Å². The molecule has 0 aromatic carbocycles. The molecule has 1 aromatic heterocycles. The molecule has 1 fully saturated rings. The number of nitrogens with one attached hydrogen (secondary N) is 1. The zero-order chi connectivity index (χ0) is 13.0. The first-order valence-electron chi connectivity index (χ1n) is 6.69. The van der Waals surface area contributed by atoms with Crippen molar-refractivity contribution in [3.63, 3.8) is 0 Å². The van der Waals surface area contributed by atoms with Gasteiger partial charge in [0.15, 0.2) is 0 Å². The molecule has 0 radical (unpaired) electrons. The highest BCUT2D eigenvalue weighted by Gasteiger charge is 2.21. The van der Waals surface area contributed by atoms with Crippen LogP contribution in [0.4, 0.5) is 0 Å². The minimum atomic E-state index is 0.456. The first-order chi connectivity index (χ1) is 8.68. The molecule has 1 N–H and O–H groups in total. The van der Waals surface area contributed by atoms with Crippen molar-refractivity contribution in [3.05, 3.63) is 18.2 Å². The van der Waals surface area contributed by atoms with Crippen LogP contribution in [0.15, 0.2) is 12.5 Å². The second-order valence-corrected chi connectivity index (χ2v) is 5.05. The van der Waals surface area contributed by atoms with Gasteiger partial charge in [-0.3, -0.25) is 4.90 Å². The van der Waals surface area contributed by atoms with E-state index in [1.54, 1.807) is 0 Å². The quantitative estimate of drug-likeness (QED) is 0.834. The molecule has 1 aliphatic rings. The van der Waals surface area contributed by atoms with Gasteiger partial charge in [0, 0.05) is 45.0 Å². The molecular weight excluding hydrogens is 228 g/mol. The Bertz CT molecular complexity index is 360. The first-order valence-corrected chi connectivity index (χ1v) is 6.69. The fourth-order valence-corrected chi connectivity index (χ4v) is 2.29. The molecule has 0 bridgehead atoms. The van der Waals surface area contributed by atoms with E-state index in [2.05, 4.69) is 33.6 Å². The van der Waals surface area contributed by atoms with Gasteiger partial charge in [0.05, 0.1) is 25.2 Å². The van der Waals surface area contributed by atoms with Crippen molar-refractivity contribution < 1.29 is 4.74 Å². The van der Waals surface area contributed by atoms with Crippen LogP contribution < -0.4 is 5.32 Å². The van der Waals surface area contributed by atoms with E-state index in [9.17, 15) is 0 Å². The van der Waals surface area contributed by atoms with Crippen LogP contribution in [0.3, 0.4) is 0 Å². The highest BCUT2D eigenvalue weighted by atomic mass is 16.5. The fourth-order valence-electron chi connectivity index (χ4n) is 2.29. The Morgan fingerprint density at radius 3 is 2.72 bits per heavy atom. The van der Waals surface area contributed by atoms with Crippen LogP contribution in [0.25, 0.3) is 0 Å². The minimum Gasteiger partial charge on any atom is -0.379 e. The summed E-state index contributed by atoms with van der Waals surface area (Å²) in [7, 11) is 2.03. The third-order valence-electron chi connectivity index (χ3n) is 3.87. The SMILES string of the molecule is C[C@H](NCc1cncn1C)[C@H](C)N1CCOCC1. The molecule has 1 saturated heterocycles. The van der Waals surface area contributed by atoms with E-state index in [0.29, 0.717) is 12.1 Å². The summed E-state index contributed by atoms with van der Waals surface area (Å²) in [5.41, 5.74) is 1.22. The number of rotatable bonds is 5. The average Bonchev–Trinajstić information content (AvgIpc) is 2.81. The lowest BCUT2D eigenvalue weighted by atomic mass is 10.1. The lowest BCUT2D eigenvalue weighted by Gasteiger charge is -2.36. The molecule has 0 unspecified atom stereocenters. The summed E-state index contributed by atoms with van der Waals surface area (Å²) >= 11 is 0. The summed E-state index contributed by atoms with van der Waals surface area (Å²) in [6.07, 6.45) is 3.76. The Hall–Kier alpha value is -0.910. The van der Waals surface area contributed by atoms with Crippen molar-refractivity contribution >= 4 is 0 Å². The van der Waals surface area contributed by atoms with Crippen molar-refractivity contribution in [1.29, 1.82) is 0 Å². The Kier molecular flexibility index (Phi) is 4.74. The molecule has 18 heavy (non-hydrogen) atoms. The molecule has 1 aromatic rings. The third kappa shape index (κ3) is 3.31. The van der Waals surface area contributed by atoms with Gasteiger partial charge in [-0.25, -0.2) is 4.98 Å². The fraction of sp³-hybridized carbons (Fsp3) is 0.769. The number of morpholine rings is 1. The van der Waals surface area contributed by atoms with Crippen molar-refractivity contribution in [2.24, 2.45) is 7.05 Å². The molecule has 2 rings (SSSR count). The summed E-state index contributed by atoms with van der Waals surface area (Å²) < 4.78 is 7.45. The minimum absolute atomic E-state index is 0.456. The largest absolute Gasteiger partial charge is 0.379 e. The van der Waals surface area contributed by atoms with E-state index in [1.165, 1.54) is 5.69 Å². The van der Waals surface area contributed by atoms with Gasteiger partial charge in [-0.1, -0.05) is 0 Å². The van der Waals surface area contributed by atoms with Gasteiger partial charge in [-0.2, -0.15) is 0 Å². The van der Waals surface area contributed by atoms with Crippen molar-refractivity contribution in [2.75, 3.05) is 26.3 Å². The average molecular weight is 252 g/mol. The van der Waals surface area contributed by atoms with E-state index in [-0.39, 0.29) is 0 Å². The number of ether oxygens (including phenoxy) is 1. The van der Waals surface area contributed by atoms with Crippen molar-refractivity contribution in [1.82, 2.24) is 19.8 Å². The summed E-state index contributed by atoms with van der Waals surface area (Å²) in [5, 5.41) is 3.58. The second-order valence-electron chi connectivity index (χ2n) is 5.05. The zero-order valence-corrected chi connectivity index (χ0v) is 11.6. The predicted molar refractivity (Wildman–Crippen MR) is 71.4 cm³/mol. The number of aryl methyl sites for hydroxylation is 1. The predicted octanol–water partition coefficient (Wildman–Crippen LogP) is 0.619. The zero-order valence-electron chi connectivity index (χ0n) is 11.6. The summed E-state index contributed by atoms with van der Waals surface area (Å²) in [4.78, 5) is 6.62. The van der Waals surface area contributed by atoms with E-state index < -0.39 is 0 Å². The Labute approximate surface area is 109 Å². The molecule has 0 saturated carbocycles. The topological polar surface area (TPSA) is 42.3 Å². The second kappa shape index (κ2) is 6.31. The standard InChI is InChI=1S/C13H24N4O/c1-11(12(2)17-4-6-18-7-5-17)15-9-13-8-14-10-16(13)3/h8,10-12,15H,4-7,9H2,1-3H3/t11-,12-/m0/s1. The number of nitrogens with zero attached hydrogens (tertiary/aromatic N) is 3. The van der Waals surface area contributed by atoms with Crippen LogP contribution in [-0.2, 0) is 18.3 Å². The van der Waals surface area contributed by atoms with Gasteiger partial charge in [-0.05, 0) is 13.8 Å². The van der Waals surface area contributed by atoms with Gasteiger partial charge < -0.3 is 14.6 Å². The highest BCUT2D eigenvalue weighted by Crippen LogP contribution is 2.08. The monoisotopic (exact) mass is 252 g/mol. The molecule has 1 aliphatic heterocycles. The van der Waals surface area contributed by atoms with E-state index in [4.69, 9.17) is 4.74 Å². The summed E-state index contributed by atoms with van der Waals surface area (Å²) in [6, 6.07) is 0.986. The van der Waals surface area contributed by atoms with Gasteiger partial charge in [0.1, 0.15) is 0 Å². The maximum absolute atomic E-state index is 5.39. The first kappa shape index (κ1) is 13.5. The number of hydrogen-bond acceptors (Lipinski definition) is 4. The van der Waals surface area contributed by atoms with E-state index in [1.807, 2.05) is 19.6 Å². The number of aromatic nitrogens is 2. The smallest absolute Gasteiger partial charge is 0.0945 e. The van der Waals surface area contributed by atoms with E-state index in [0.717, 1.165) is 32.8 Å². The maximum Gasteiger partial charge on any atom is 0.0945 e. The van der Waals surface area contributed by atoms with Gasteiger partial charge in [0.25, 0.3) is 0 Å². The summed E-state index contributed by atoms with van der Waals surface area (Å²) in [6.45, 7) is 9.20. The molecule has 5 heteroatoms. The molecule has 2 heterocycles. The van der Waals surface area contributed by atoms with Crippen LogP contribution in [0.5, 0.6) is 0 Å². The van der Waals surface area contributed by atoms with Crippen molar-refractivity contribution in [2.45, 2.75) is 32.5 Å². The van der Waals surface area contributed by atoms with Crippen molar-refractivity contribution in [3.8, 4) is 0 Å². The molecule has 2 atom stereocenters. The molecule has 0 amide bonds. The van der Waals surface area contributed by atoms with Crippen LogP contribution >= 0.6 is 0 Å². The lowest BCUT2D eigenvalue weighted by molar-refractivity contribution is 0.0135. The molecular formula is C13H24N4O. The van der Waals surface area contributed by atoms with Crippen LogP contribution in [0.2, 0.25) is 0 Å².